The Hall–Kier alpha value is -0.680. The Balaban J connectivity index is 2.58. The molecule has 0 saturated carbocycles. The fraction of sp³-hybridized carbons (Fsp3) is 0.600. The van der Waals surface area contributed by atoms with Gasteiger partial charge in [0.25, 0.3) is 0 Å². The molecular formula is C5H10N4S. The van der Waals surface area contributed by atoms with Gasteiger partial charge >= 0.3 is 0 Å². The minimum Gasteiger partial charge on any atom is -0.293 e. The van der Waals surface area contributed by atoms with Crippen LogP contribution in [0.3, 0.4) is 0 Å². The van der Waals surface area contributed by atoms with Crippen molar-refractivity contribution in [3.05, 3.63) is 5.01 Å². The molecule has 0 aliphatic carbocycles. The standard InChI is InChI=1S/C5H10N4S/c1-4-6-7-5(10-4)8-9(2)3/h1-3H3,(H,7,8). The van der Waals surface area contributed by atoms with Gasteiger partial charge in [-0.3, -0.25) is 5.43 Å². The molecule has 4 nitrogen and oxygen atoms in total. The average molecular weight is 158 g/mol. The Morgan fingerprint density at radius 3 is 2.50 bits per heavy atom. The largest absolute Gasteiger partial charge is 0.293 e. The normalized spacial score (nSPS) is 10.4. The van der Waals surface area contributed by atoms with Crippen LogP contribution in [-0.4, -0.2) is 29.3 Å². The van der Waals surface area contributed by atoms with Crippen LogP contribution in [0.25, 0.3) is 0 Å². The van der Waals surface area contributed by atoms with Crippen LogP contribution in [0.2, 0.25) is 0 Å². The molecule has 1 aromatic rings. The van der Waals surface area contributed by atoms with E-state index in [9.17, 15) is 0 Å². The molecule has 0 radical (unpaired) electrons. The Morgan fingerprint density at radius 2 is 2.10 bits per heavy atom. The predicted octanol–water partition coefficient (Wildman–Crippen LogP) is 0.735. The van der Waals surface area contributed by atoms with Gasteiger partial charge in [-0.05, 0) is 6.92 Å². The summed E-state index contributed by atoms with van der Waals surface area (Å²) in [7, 11) is 3.83. The number of nitrogens with zero attached hydrogens (tertiary/aromatic N) is 3. The van der Waals surface area contributed by atoms with Gasteiger partial charge in [-0.25, -0.2) is 5.01 Å². The van der Waals surface area contributed by atoms with Crippen LogP contribution in [0, 0.1) is 6.92 Å². The lowest BCUT2D eigenvalue weighted by Crippen LogP contribution is -2.19. The van der Waals surface area contributed by atoms with Crippen LogP contribution in [0.5, 0.6) is 0 Å². The molecule has 1 rings (SSSR count). The molecule has 1 aromatic heterocycles. The van der Waals surface area contributed by atoms with Gasteiger partial charge in [0.1, 0.15) is 5.01 Å². The van der Waals surface area contributed by atoms with Crippen LogP contribution in [0.4, 0.5) is 5.13 Å². The molecule has 5 heteroatoms. The minimum absolute atomic E-state index is 0.836. The molecule has 0 aliphatic rings. The smallest absolute Gasteiger partial charge is 0.220 e. The predicted molar refractivity (Wildman–Crippen MR) is 42.0 cm³/mol. The van der Waals surface area contributed by atoms with Gasteiger partial charge in [0, 0.05) is 14.1 Å². The van der Waals surface area contributed by atoms with Crippen molar-refractivity contribution in [2.75, 3.05) is 19.5 Å². The Kier molecular flexibility index (Phi) is 2.18. The van der Waals surface area contributed by atoms with Gasteiger partial charge in [-0.1, -0.05) is 11.3 Å². The summed E-state index contributed by atoms with van der Waals surface area (Å²) in [6, 6.07) is 0. The number of aryl methyl sites for hydroxylation is 1. The molecule has 56 valence electrons. The van der Waals surface area contributed by atoms with E-state index < -0.39 is 0 Å². The van der Waals surface area contributed by atoms with Crippen molar-refractivity contribution in [3.63, 3.8) is 0 Å². The van der Waals surface area contributed by atoms with E-state index in [4.69, 9.17) is 0 Å². The van der Waals surface area contributed by atoms with Gasteiger partial charge in [0.15, 0.2) is 0 Å². The number of anilines is 1. The summed E-state index contributed by atoms with van der Waals surface area (Å²) in [5.74, 6) is 0. The second kappa shape index (κ2) is 2.94. The summed E-state index contributed by atoms with van der Waals surface area (Å²) >= 11 is 1.54. The summed E-state index contributed by atoms with van der Waals surface area (Å²) in [4.78, 5) is 0. The van der Waals surface area contributed by atoms with Crippen LogP contribution < -0.4 is 5.43 Å². The molecule has 0 spiro atoms. The summed E-state index contributed by atoms with van der Waals surface area (Å²) in [5.41, 5.74) is 3.00. The van der Waals surface area contributed by atoms with E-state index in [2.05, 4.69) is 15.6 Å². The fourth-order valence-corrected chi connectivity index (χ4v) is 1.20. The Labute approximate surface area is 63.9 Å². The maximum atomic E-state index is 3.87. The van der Waals surface area contributed by atoms with E-state index in [0.29, 0.717) is 0 Å². The van der Waals surface area contributed by atoms with E-state index in [-0.39, 0.29) is 0 Å². The van der Waals surface area contributed by atoms with E-state index in [1.54, 1.807) is 11.3 Å². The van der Waals surface area contributed by atoms with Crippen LogP contribution in [0.15, 0.2) is 0 Å². The molecule has 0 saturated heterocycles. The molecule has 10 heavy (non-hydrogen) atoms. The minimum atomic E-state index is 0.836. The fourth-order valence-electron chi connectivity index (χ4n) is 0.533. The Morgan fingerprint density at radius 1 is 1.40 bits per heavy atom. The molecule has 0 fully saturated rings. The van der Waals surface area contributed by atoms with Crippen molar-refractivity contribution in [3.8, 4) is 0 Å². The van der Waals surface area contributed by atoms with E-state index in [1.807, 2.05) is 26.0 Å². The van der Waals surface area contributed by atoms with Gasteiger partial charge in [0.2, 0.25) is 5.13 Å². The highest BCUT2D eigenvalue weighted by Gasteiger charge is 1.97. The topological polar surface area (TPSA) is 41.1 Å². The Bertz CT molecular complexity index is 207. The van der Waals surface area contributed by atoms with E-state index in [1.165, 1.54) is 0 Å². The first-order valence-corrected chi connectivity index (χ1v) is 3.74. The summed E-state index contributed by atoms with van der Waals surface area (Å²) < 4.78 is 0. The highest BCUT2D eigenvalue weighted by molar-refractivity contribution is 7.15. The van der Waals surface area contributed by atoms with Crippen LogP contribution in [0.1, 0.15) is 5.01 Å². The summed E-state index contributed by atoms with van der Waals surface area (Å²) in [6.07, 6.45) is 0. The van der Waals surface area contributed by atoms with Crippen molar-refractivity contribution >= 4 is 16.5 Å². The lowest BCUT2D eigenvalue weighted by atomic mass is 10.9. The maximum absolute atomic E-state index is 3.87. The number of rotatable bonds is 2. The van der Waals surface area contributed by atoms with Gasteiger partial charge in [-0.2, -0.15) is 0 Å². The number of hydrazine groups is 1. The summed E-state index contributed by atoms with van der Waals surface area (Å²) in [6.45, 7) is 1.93. The zero-order valence-electron chi connectivity index (χ0n) is 6.25. The van der Waals surface area contributed by atoms with Gasteiger partial charge in [-0.15, -0.1) is 10.2 Å². The first-order chi connectivity index (χ1) is 4.68. The van der Waals surface area contributed by atoms with Crippen molar-refractivity contribution < 1.29 is 0 Å². The molecule has 1 heterocycles. The van der Waals surface area contributed by atoms with E-state index in [0.717, 1.165) is 10.1 Å². The van der Waals surface area contributed by atoms with Crippen LogP contribution in [-0.2, 0) is 0 Å². The van der Waals surface area contributed by atoms with Crippen molar-refractivity contribution in [1.29, 1.82) is 0 Å². The third-order valence-corrected chi connectivity index (χ3v) is 1.59. The van der Waals surface area contributed by atoms with Crippen molar-refractivity contribution in [2.45, 2.75) is 6.92 Å². The zero-order chi connectivity index (χ0) is 7.56. The monoisotopic (exact) mass is 158 g/mol. The number of hydrogen-bond donors (Lipinski definition) is 1. The highest BCUT2D eigenvalue weighted by atomic mass is 32.1. The lowest BCUT2D eigenvalue weighted by molar-refractivity contribution is 0.494. The molecule has 1 N–H and O–H groups in total. The molecule has 0 amide bonds. The molecule has 0 unspecified atom stereocenters. The highest BCUT2D eigenvalue weighted by Crippen LogP contribution is 2.12. The maximum Gasteiger partial charge on any atom is 0.220 e. The van der Waals surface area contributed by atoms with Crippen molar-refractivity contribution in [1.82, 2.24) is 15.2 Å². The van der Waals surface area contributed by atoms with Gasteiger partial charge < -0.3 is 0 Å². The molecule has 0 atom stereocenters. The van der Waals surface area contributed by atoms with Crippen molar-refractivity contribution in [2.24, 2.45) is 0 Å². The number of nitrogens with one attached hydrogen (secondary N) is 1. The molecule has 0 aliphatic heterocycles. The third kappa shape index (κ3) is 1.93. The second-order valence-electron chi connectivity index (χ2n) is 2.13. The quantitative estimate of drug-likeness (QED) is 0.644. The van der Waals surface area contributed by atoms with E-state index >= 15 is 0 Å². The molecule has 0 bridgehead atoms. The number of aromatic nitrogens is 2. The average Bonchev–Trinajstić information content (AvgIpc) is 2.13. The number of hydrogen-bond acceptors (Lipinski definition) is 5. The SMILES string of the molecule is Cc1nnc(NN(C)C)s1. The molecular weight excluding hydrogens is 148 g/mol. The lowest BCUT2D eigenvalue weighted by Gasteiger charge is -2.08. The first-order valence-electron chi connectivity index (χ1n) is 2.92. The zero-order valence-corrected chi connectivity index (χ0v) is 7.07. The molecule has 0 aromatic carbocycles. The first kappa shape index (κ1) is 7.43. The van der Waals surface area contributed by atoms with Gasteiger partial charge in [0.05, 0.1) is 0 Å². The third-order valence-electron chi connectivity index (χ3n) is 0.845. The summed E-state index contributed by atoms with van der Waals surface area (Å²) in [5, 5.41) is 11.4. The second-order valence-corrected chi connectivity index (χ2v) is 3.31. The van der Waals surface area contributed by atoms with Crippen LogP contribution >= 0.6 is 11.3 Å².